The number of amidine groups is 1. The molecule has 3 N–H and O–H groups in total. The molecule has 28 heavy (non-hydrogen) atoms. The van der Waals surface area contributed by atoms with Gasteiger partial charge in [0.05, 0.1) is 0 Å². The normalized spacial score (nSPS) is 13.2. The quantitative estimate of drug-likeness (QED) is 0.310. The van der Waals surface area contributed by atoms with Crippen LogP contribution in [0.4, 0.5) is 10.5 Å². The van der Waals surface area contributed by atoms with E-state index < -0.39 is 0 Å². The highest BCUT2D eigenvalue weighted by Gasteiger charge is 2.23. The zero-order chi connectivity index (χ0) is 20.4. The molecule has 2 aromatic carbocycles. The van der Waals surface area contributed by atoms with Gasteiger partial charge in [0.1, 0.15) is 0 Å². The zero-order valence-corrected chi connectivity index (χ0v) is 16.5. The highest BCUT2D eigenvalue weighted by molar-refractivity contribution is 8.13. The lowest BCUT2D eigenvalue weighted by molar-refractivity contribution is -0.122. The van der Waals surface area contributed by atoms with Crippen molar-refractivity contribution in [2.45, 2.75) is 11.8 Å². The van der Waals surface area contributed by atoms with Crippen LogP contribution >= 0.6 is 11.8 Å². The van der Waals surface area contributed by atoms with Crippen molar-refractivity contribution >= 4 is 35.1 Å². The molecule has 2 aromatic rings. The van der Waals surface area contributed by atoms with Crippen LogP contribution in [-0.4, -0.2) is 58.8 Å². The van der Waals surface area contributed by atoms with Crippen molar-refractivity contribution in [1.82, 2.24) is 9.80 Å². The minimum Gasteiger partial charge on any atom is -0.483 e. The number of aryl methyl sites for hydroxylation is 1. The van der Waals surface area contributed by atoms with Gasteiger partial charge in [0, 0.05) is 36.8 Å². The van der Waals surface area contributed by atoms with Gasteiger partial charge in [-0.15, -0.1) is 0 Å². The number of nitrogens with zero attached hydrogens (tertiary/aromatic N) is 2. The molecule has 1 aliphatic rings. The third-order valence-corrected chi connectivity index (χ3v) is 5.16. The van der Waals surface area contributed by atoms with Gasteiger partial charge in [0.15, 0.2) is 5.17 Å². The number of piperazine rings is 1. The molecule has 1 aliphatic heterocycles. The van der Waals surface area contributed by atoms with Gasteiger partial charge in [-0.05, 0) is 30.7 Å². The zero-order valence-electron chi connectivity index (χ0n) is 15.7. The average Bonchev–Trinajstić information content (AvgIpc) is 2.71. The molecule has 0 radical (unpaired) electrons. The van der Waals surface area contributed by atoms with Crippen LogP contribution < -0.4 is 5.32 Å². The minimum atomic E-state index is -0.250. The number of urea groups is 1. The summed E-state index contributed by atoms with van der Waals surface area (Å²) in [4.78, 5) is 25.7. The van der Waals surface area contributed by atoms with E-state index in [0.29, 0.717) is 31.3 Å². The topological polar surface area (TPSA) is 96.7 Å². The minimum absolute atomic E-state index is 0.0730. The highest BCUT2D eigenvalue weighted by Crippen LogP contribution is 2.21. The number of benzene rings is 2. The van der Waals surface area contributed by atoms with Gasteiger partial charge in [-0.25, -0.2) is 4.79 Å². The summed E-state index contributed by atoms with van der Waals surface area (Å²) in [5.41, 5.74) is 1.90. The standard InChI is InChI=1S/C19H22N4OS.CH2O2/c1-15-7-5-6-10-17(15)21-19(24)23-13-11-22(12-14-23)18(20)25-16-8-3-2-4-9-16;2-1-3/h2-10,20H,11-14H2,1H3,(H,21,24);1H,(H,2,3). The van der Waals surface area contributed by atoms with Gasteiger partial charge in [-0.3, -0.25) is 10.2 Å². The predicted octanol–water partition coefficient (Wildman–Crippen LogP) is 3.57. The van der Waals surface area contributed by atoms with Gasteiger partial charge >= 0.3 is 6.03 Å². The van der Waals surface area contributed by atoms with E-state index in [1.807, 2.05) is 71.3 Å². The molecule has 1 saturated heterocycles. The van der Waals surface area contributed by atoms with E-state index in [0.717, 1.165) is 16.1 Å². The van der Waals surface area contributed by atoms with Crippen LogP contribution in [0.25, 0.3) is 0 Å². The molecule has 0 saturated carbocycles. The third kappa shape index (κ3) is 6.31. The first-order valence-corrected chi connectivity index (χ1v) is 9.62. The maximum Gasteiger partial charge on any atom is 0.321 e. The Morgan fingerprint density at radius 2 is 1.57 bits per heavy atom. The molecule has 7 nitrogen and oxygen atoms in total. The molecule has 2 amide bonds. The van der Waals surface area contributed by atoms with Crippen molar-refractivity contribution in [2.24, 2.45) is 0 Å². The summed E-state index contributed by atoms with van der Waals surface area (Å²) < 4.78 is 0. The Hall–Kier alpha value is -3.00. The van der Waals surface area contributed by atoms with Gasteiger partial charge in [0.25, 0.3) is 6.47 Å². The third-order valence-electron chi connectivity index (χ3n) is 4.20. The number of carbonyl (C=O) groups excluding carboxylic acids is 1. The Morgan fingerprint density at radius 1 is 1.04 bits per heavy atom. The van der Waals surface area contributed by atoms with Crippen molar-refractivity contribution in [3.8, 4) is 0 Å². The molecule has 0 aromatic heterocycles. The van der Waals surface area contributed by atoms with Crippen LogP contribution in [0.1, 0.15) is 5.56 Å². The van der Waals surface area contributed by atoms with Gasteiger partial charge in [0.2, 0.25) is 0 Å². The smallest absolute Gasteiger partial charge is 0.321 e. The highest BCUT2D eigenvalue weighted by atomic mass is 32.2. The summed E-state index contributed by atoms with van der Waals surface area (Å²) >= 11 is 1.45. The van der Waals surface area contributed by atoms with E-state index in [9.17, 15) is 4.79 Å². The lowest BCUT2D eigenvalue weighted by Gasteiger charge is -2.35. The summed E-state index contributed by atoms with van der Waals surface area (Å²) in [5, 5.41) is 18.7. The molecule has 0 bridgehead atoms. The molecular formula is C20H24N4O3S. The summed E-state index contributed by atoms with van der Waals surface area (Å²) in [6.07, 6.45) is 0. The lowest BCUT2D eigenvalue weighted by atomic mass is 10.2. The van der Waals surface area contributed by atoms with E-state index in [1.54, 1.807) is 0 Å². The number of para-hydroxylation sites is 1. The maximum atomic E-state index is 12.4. The van der Waals surface area contributed by atoms with E-state index in [-0.39, 0.29) is 12.5 Å². The molecule has 0 unspecified atom stereocenters. The molecule has 0 atom stereocenters. The second-order valence-corrected chi connectivity index (χ2v) is 7.11. The molecule has 8 heteroatoms. The second kappa shape index (κ2) is 11.0. The van der Waals surface area contributed by atoms with Crippen LogP contribution in [0.15, 0.2) is 59.5 Å². The van der Waals surface area contributed by atoms with Gasteiger partial charge < -0.3 is 20.2 Å². The molecule has 148 valence electrons. The number of amides is 2. The van der Waals surface area contributed by atoms with Crippen molar-refractivity contribution in [1.29, 1.82) is 5.41 Å². The average molecular weight is 401 g/mol. The number of hydrogen-bond acceptors (Lipinski definition) is 4. The molecule has 3 rings (SSSR count). The van der Waals surface area contributed by atoms with E-state index in [1.165, 1.54) is 11.8 Å². The Kier molecular flexibility index (Phi) is 8.36. The number of nitrogens with one attached hydrogen (secondary N) is 2. The number of thioether (sulfide) groups is 1. The van der Waals surface area contributed by atoms with Crippen molar-refractivity contribution in [2.75, 3.05) is 31.5 Å². The molecule has 0 aliphatic carbocycles. The summed E-state index contributed by atoms with van der Waals surface area (Å²) in [6.45, 7) is 4.33. The molecular weight excluding hydrogens is 376 g/mol. The fourth-order valence-electron chi connectivity index (χ4n) is 2.68. The van der Waals surface area contributed by atoms with Gasteiger partial charge in [-0.2, -0.15) is 0 Å². The van der Waals surface area contributed by atoms with Crippen LogP contribution in [0.5, 0.6) is 0 Å². The predicted molar refractivity (Wildman–Crippen MR) is 112 cm³/mol. The van der Waals surface area contributed by atoms with Crippen LogP contribution in [-0.2, 0) is 4.79 Å². The summed E-state index contributed by atoms with van der Waals surface area (Å²) in [5.74, 6) is 0. The first-order chi connectivity index (χ1) is 13.5. The van der Waals surface area contributed by atoms with Crippen molar-refractivity contribution in [3.05, 3.63) is 60.2 Å². The fraction of sp³-hybridized carbons (Fsp3) is 0.250. The SMILES string of the molecule is Cc1ccccc1NC(=O)N1CCN(C(=N)Sc2ccccc2)CC1.O=CO. The van der Waals surface area contributed by atoms with E-state index in [4.69, 9.17) is 15.3 Å². The fourth-order valence-corrected chi connectivity index (χ4v) is 3.51. The number of carboxylic acid groups (broad SMARTS) is 1. The Labute approximate surface area is 168 Å². The number of anilines is 1. The van der Waals surface area contributed by atoms with Crippen molar-refractivity contribution in [3.63, 3.8) is 0 Å². The Bertz CT molecular complexity index is 793. The second-order valence-electron chi connectivity index (χ2n) is 6.04. The van der Waals surface area contributed by atoms with E-state index in [2.05, 4.69) is 5.32 Å². The number of hydrogen-bond donors (Lipinski definition) is 3. The molecule has 0 spiro atoms. The van der Waals surface area contributed by atoms with Crippen LogP contribution in [0, 0.1) is 12.3 Å². The largest absolute Gasteiger partial charge is 0.483 e. The van der Waals surface area contributed by atoms with Gasteiger partial charge in [-0.1, -0.05) is 48.2 Å². The first-order valence-electron chi connectivity index (χ1n) is 8.81. The molecule has 1 fully saturated rings. The molecule has 1 heterocycles. The van der Waals surface area contributed by atoms with Crippen LogP contribution in [0.2, 0.25) is 0 Å². The lowest BCUT2D eigenvalue weighted by Crippen LogP contribution is -2.51. The summed E-state index contributed by atoms with van der Waals surface area (Å²) in [7, 11) is 0. The van der Waals surface area contributed by atoms with Crippen LogP contribution in [0.3, 0.4) is 0 Å². The summed E-state index contributed by atoms with van der Waals surface area (Å²) in [6, 6.07) is 17.6. The first kappa shape index (κ1) is 21.3. The van der Waals surface area contributed by atoms with E-state index >= 15 is 0 Å². The Balaban J connectivity index is 0.000000878. The number of rotatable bonds is 2. The monoisotopic (exact) mass is 400 g/mol. The maximum absolute atomic E-state index is 12.4. The Morgan fingerprint density at radius 3 is 2.18 bits per heavy atom. The van der Waals surface area contributed by atoms with Crippen molar-refractivity contribution < 1.29 is 14.7 Å². The number of carbonyl (C=O) groups is 2.